The number of Topliss-reactive ketones (excluding diaryl/α,β-unsaturated/α-hetero) is 1. The zero-order valence-corrected chi connectivity index (χ0v) is 21.4. The van der Waals surface area contributed by atoms with Crippen LogP contribution in [-0.2, 0) is 17.8 Å². The molecule has 0 aromatic heterocycles. The number of rotatable bonds is 7. The number of nitrogens with two attached hydrogens (primary N) is 2. The highest BCUT2D eigenvalue weighted by Crippen LogP contribution is 2.46. The van der Waals surface area contributed by atoms with Crippen molar-refractivity contribution in [3.63, 3.8) is 0 Å². The molecule has 1 unspecified atom stereocenters. The summed E-state index contributed by atoms with van der Waals surface area (Å²) in [7, 11) is 0. The van der Waals surface area contributed by atoms with E-state index in [1.165, 1.54) is 6.07 Å². The molecule has 216 valence electrons. The molecule has 7 nitrogen and oxygen atoms in total. The lowest BCUT2D eigenvalue weighted by molar-refractivity contribution is -0.139. The number of nitrogen functional groups attached to an aromatic ring is 2. The van der Waals surface area contributed by atoms with Crippen molar-refractivity contribution in [3.05, 3.63) is 70.8 Å². The second-order valence-electron chi connectivity index (χ2n) is 9.87. The molecule has 6 N–H and O–H groups in total. The van der Waals surface area contributed by atoms with Gasteiger partial charge in [-0.25, -0.2) is 0 Å². The lowest BCUT2D eigenvalue weighted by Crippen LogP contribution is -2.26. The monoisotopic (exact) mass is 572 g/mol. The summed E-state index contributed by atoms with van der Waals surface area (Å²) in [5, 5.41) is 19.5. The average Bonchev–Trinajstić information content (AvgIpc) is 2.83. The first-order chi connectivity index (χ1) is 18.3. The molecule has 0 saturated carbocycles. The van der Waals surface area contributed by atoms with Crippen LogP contribution in [0, 0.1) is 0 Å². The van der Waals surface area contributed by atoms with Gasteiger partial charge in [0, 0.05) is 16.9 Å². The van der Waals surface area contributed by atoms with Gasteiger partial charge in [-0.2, -0.15) is 26.3 Å². The summed E-state index contributed by atoms with van der Waals surface area (Å²) >= 11 is 0. The number of aliphatic hydroxyl groups excluding tert-OH is 2. The van der Waals surface area contributed by atoms with Crippen LogP contribution in [0.5, 0.6) is 23.0 Å². The van der Waals surface area contributed by atoms with Gasteiger partial charge in [0.15, 0.2) is 5.78 Å². The van der Waals surface area contributed by atoms with Gasteiger partial charge in [0.25, 0.3) is 0 Å². The molecule has 0 spiro atoms. The third-order valence-corrected chi connectivity index (χ3v) is 5.67. The first-order valence-corrected chi connectivity index (χ1v) is 11.6. The van der Waals surface area contributed by atoms with E-state index in [-0.39, 0.29) is 22.7 Å². The number of carbonyl (C=O) groups is 1. The minimum absolute atomic E-state index is 0.0486. The number of benzene rings is 3. The summed E-state index contributed by atoms with van der Waals surface area (Å²) in [5.41, 5.74) is 6.66. The van der Waals surface area contributed by atoms with Gasteiger partial charge in [-0.15, -0.1) is 0 Å². The van der Waals surface area contributed by atoms with Crippen LogP contribution in [0.1, 0.15) is 47.8 Å². The number of halogens is 6. The van der Waals surface area contributed by atoms with Crippen molar-refractivity contribution in [1.82, 2.24) is 0 Å². The summed E-state index contributed by atoms with van der Waals surface area (Å²) in [6.45, 7) is 3.76. The predicted molar refractivity (Wildman–Crippen MR) is 134 cm³/mol. The van der Waals surface area contributed by atoms with Crippen LogP contribution < -0.4 is 20.9 Å². The molecule has 1 atom stereocenters. The number of hydrogen-bond acceptors (Lipinski definition) is 7. The van der Waals surface area contributed by atoms with Crippen molar-refractivity contribution in [2.75, 3.05) is 18.1 Å². The Bertz CT molecular complexity index is 1410. The number of ether oxygens (including phenoxy) is 2. The number of aliphatic hydroxyl groups is 2. The van der Waals surface area contributed by atoms with Gasteiger partial charge in [0.1, 0.15) is 40.2 Å². The maximum atomic E-state index is 13.8. The van der Waals surface area contributed by atoms with E-state index in [1.54, 1.807) is 20.8 Å². The van der Waals surface area contributed by atoms with Crippen molar-refractivity contribution in [1.29, 1.82) is 0 Å². The maximum absolute atomic E-state index is 13.8. The zero-order valence-electron chi connectivity index (χ0n) is 21.4. The van der Waals surface area contributed by atoms with Crippen molar-refractivity contribution in [3.8, 4) is 23.0 Å². The Morgan fingerprint density at radius 2 is 1.27 bits per heavy atom. The van der Waals surface area contributed by atoms with E-state index in [0.717, 1.165) is 30.3 Å². The first kappa shape index (κ1) is 30.6. The number of ketones is 1. The van der Waals surface area contributed by atoms with Gasteiger partial charge in [-0.05, 0) is 53.9 Å². The second-order valence-corrected chi connectivity index (χ2v) is 9.87. The van der Waals surface area contributed by atoms with E-state index in [4.69, 9.17) is 20.9 Å². The van der Waals surface area contributed by atoms with Gasteiger partial charge in [0.05, 0.1) is 12.2 Å². The van der Waals surface area contributed by atoms with E-state index in [9.17, 15) is 41.4 Å². The molecule has 3 aromatic rings. The van der Waals surface area contributed by atoms with Crippen molar-refractivity contribution in [2.24, 2.45) is 0 Å². The molecule has 0 aliphatic heterocycles. The minimum Gasteiger partial charge on any atom is -0.457 e. The van der Waals surface area contributed by atoms with Crippen LogP contribution in [0.3, 0.4) is 0 Å². The molecule has 0 aliphatic carbocycles. The summed E-state index contributed by atoms with van der Waals surface area (Å²) in [6.07, 6.45) is -11.8. The lowest BCUT2D eigenvalue weighted by Gasteiger charge is -2.27. The Balaban J connectivity index is 2.30. The van der Waals surface area contributed by atoms with Crippen LogP contribution in [-0.4, -0.2) is 28.7 Å². The van der Waals surface area contributed by atoms with Gasteiger partial charge < -0.3 is 31.2 Å². The van der Waals surface area contributed by atoms with Gasteiger partial charge >= 0.3 is 12.4 Å². The molecule has 13 heteroatoms. The van der Waals surface area contributed by atoms with E-state index in [0.29, 0.717) is 12.1 Å². The third-order valence-electron chi connectivity index (χ3n) is 5.67. The fourth-order valence-corrected chi connectivity index (χ4v) is 3.73. The second kappa shape index (κ2) is 10.9. The van der Waals surface area contributed by atoms with Crippen LogP contribution in [0.25, 0.3) is 0 Å². The highest BCUT2D eigenvalue weighted by atomic mass is 19.4. The molecule has 0 radical (unpaired) electrons. The average molecular weight is 573 g/mol. The van der Waals surface area contributed by atoms with Crippen molar-refractivity contribution in [2.45, 2.75) is 44.6 Å². The van der Waals surface area contributed by atoms with Crippen LogP contribution in [0.4, 0.5) is 37.7 Å². The van der Waals surface area contributed by atoms with Gasteiger partial charge in [-0.1, -0.05) is 20.8 Å². The molecule has 0 saturated heterocycles. The van der Waals surface area contributed by atoms with E-state index in [1.807, 2.05) is 0 Å². The maximum Gasteiger partial charge on any atom is 0.420 e. The number of hydrogen-bond donors (Lipinski definition) is 4. The summed E-state index contributed by atoms with van der Waals surface area (Å²) in [6, 6.07) is 7.61. The smallest absolute Gasteiger partial charge is 0.420 e. The highest BCUT2D eigenvalue weighted by Gasteiger charge is 2.37. The number of alkyl halides is 6. The Labute approximate surface area is 224 Å². The summed E-state index contributed by atoms with van der Waals surface area (Å²) in [4.78, 5) is 13.1. The standard InChI is InChI=1S/C27H26F6N2O5/c1-25(2,3)19-11-15(39-21-6-4-13(34)8-17(21)26(28,29)30)10-16(23(38)20(37)12-36)24(19)40-22-7-5-14(35)9-18(22)27(31,32)33/h4-11,20,36-37H,12,34-35H2,1-3H3. The van der Waals surface area contributed by atoms with E-state index in [2.05, 4.69) is 0 Å². The fraction of sp³-hybridized carbons (Fsp3) is 0.296. The van der Waals surface area contributed by atoms with Crippen LogP contribution in [0.15, 0.2) is 48.5 Å². The SMILES string of the molecule is CC(C)(C)c1cc(Oc2ccc(N)cc2C(F)(F)F)cc(C(=O)C(O)CO)c1Oc1ccc(N)cc1C(F)(F)F. The lowest BCUT2D eigenvalue weighted by atomic mass is 9.84. The minimum atomic E-state index is -4.91. The van der Waals surface area contributed by atoms with Crippen molar-refractivity contribution < 1.29 is 50.8 Å². The van der Waals surface area contributed by atoms with Gasteiger partial charge in [0.2, 0.25) is 0 Å². The molecular formula is C27H26F6N2O5. The molecule has 0 aliphatic rings. The molecule has 0 fully saturated rings. The Kier molecular flexibility index (Phi) is 8.32. The fourth-order valence-electron chi connectivity index (χ4n) is 3.73. The Morgan fingerprint density at radius 1 is 0.800 bits per heavy atom. The molecule has 40 heavy (non-hydrogen) atoms. The quantitative estimate of drug-likeness (QED) is 0.148. The van der Waals surface area contributed by atoms with Crippen molar-refractivity contribution >= 4 is 17.2 Å². The number of anilines is 2. The Morgan fingerprint density at radius 3 is 1.70 bits per heavy atom. The highest BCUT2D eigenvalue weighted by molar-refractivity contribution is 6.02. The van der Waals surface area contributed by atoms with Crippen LogP contribution >= 0.6 is 0 Å². The largest absolute Gasteiger partial charge is 0.457 e. The Hall–Kier alpha value is -3.97. The molecule has 0 bridgehead atoms. The molecular weight excluding hydrogens is 546 g/mol. The normalized spacial score (nSPS) is 13.2. The number of carbonyl (C=O) groups excluding carboxylic acids is 1. The molecule has 0 amide bonds. The predicted octanol–water partition coefficient (Wildman–Crippen LogP) is 6.31. The molecule has 3 aromatic carbocycles. The van der Waals surface area contributed by atoms with Crippen LogP contribution in [0.2, 0.25) is 0 Å². The summed E-state index contributed by atoms with van der Waals surface area (Å²) in [5.74, 6) is -3.33. The third kappa shape index (κ3) is 6.77. The zero-order chi connectivity index (χ0) is 30.2. The molecule has 0 heterocycles. The summed E-state index contributed by atoms with van der Waals surface area (Å²) < 4.78 is 93.5. The van der Waals surface area contributed by atoms with Gasteiger partial charge in [-0.3, -0.25) is 4.79 Å². The molecule has 3 rings (SSSR count). The first-order valence-electron chi connectivity index (χ1n) is 11.6. The van der Waals surface area contributed by atoms with E-state index >= 15 is 0 Å². The van der Waals surface area contributed by atoms with E-state index < -0.39 is 70.2 Å². The topological polar surface area (TPSA) is 128 Å².